The predicted molar refractivity (Wildman–Crippen MR) is 83.8 cm³/mol. The van der Waals surface area contributed by atoms with Crippen LogP contribution in [0.4, 0.5) is 0 Å². The molecule has 1 aliphatic rings. The summed E-state index contributed by atoms with van der Waals surface area (Å²) < 4.78 is 0. The maximum atomic E-state index is 9.37. The molecular weight excluding hydrogens is 248 g/mol. The van der Waals surface area contributed by atoms with Gasteiger partial charge in [-0.15, -0.1) is 0 Å². The van der Waals surface area contributed by atoms with Crippen molar-refractivity contribution >= 4 is 0 Å². The summed E-state index contributed by atoms with van der Waals surface area (Å²) in [5, 5.41) is 12.6. The molecule has 2 rings (SSSR count). The van der Waals surface area contributed by atoms with E-state index in [9.17, 15) is 5.11 Å². The highest BCUT2D eigenvalue weighted by Gasteiger charge is 2.20. The highest BCUT2D eigenvalue weighted by atomic mass is 16.3. The molecule has 1 heterocycles. The molecule has 0 bridgehead atoms. The smallest absolute Gasteiger partial charge is 0.0610 e. The van der Waals surface area contributed by atoms with E-state index in [1.807, 2.05) is 7.05 Å². The third kappa shape index (κ3) is 4.05. The fourth-order valence-electron chi connectivity index (χ4n) is 2.88. The number of fused-ring (bicyclic) bond motifs is 1. The summed E-state index contributed by atoms with van der Waals surface area (Å²) in [6, 6.07) is 8.79. The van der Waals surface area contributed by atoms with E-state index < -0.39 is 0 Å². The Hall–Kier alpha value is -0.900. The number of benzene rings is 1. The number of aliphatic hydroxyl groups excluding tert-OH is 1. The Balaban J connectivity index is 1.71. The molecule has 3 nitrogen and oxygen atoms in total. The number of hydrogen-bond donors (Lipinski definition) is 2. The van der Waals surface area contributed by atoms with Crippen molar-refractivity contribution in [1.29, 1.82) is 0 Å². The molecule has 1 aliphatic heterocycles. The Labute approximate surface area is 123 Å². The van der Waals surface area contributed by atoms with Gasteiger partial charge < -0.3 is 10.4 Å². The van der Waals surface area contributed by atoms with Crippen LogP contribution in [0.25, 0.3) is 0 Å². The van der Waals surface area contributed by atoms with Gasteiger partial charge in [-0.1, -0.05) is 30.7 Å². The largest absolute Gasteiger partial charge is 0.394 e. The Kier molecular flexibility index (Phi) is 5.58. The van der Waals surface area contributed by atoms with Crippen molar-refractivity contribution < 1.29 is 5.11 Å². The fraction of sp³-hybridized carbons (Fsp3) is 0.647. The summed E-state index contributed by atoms with van der Waals surface area (Å²) in [7, 11) is 1.93. The lowest BCUT2D eigenvalue weighted by Crippen LogP contribution is -2.43. The second kappa shape index (κ2) is 7.21. The van der Waals surface area contributed by atoms with E-state index in [0.29, 0.717) is 0 Å². The number of aliphatic hydroxyl groups is 1. The van der Waals surface area contributed by atoms with Gasteiger partial charge in [0, 0.05) is 18.6 Å². The van der Waals surface area contributed by atoms with Gasteiger partial charge in [0.15, 0.2) is 0 Å². The van der Waals surface area contributed by atoms with Gasteiger partial charge in [-0.2, -0.15) is 0 Å². The highest BCUT2D eigenvalue weighted by molar-refractivity contribution is 5.28. The summed E-state index contributed by atoms with van der Waals surface area (Å²) in [6.45, 7) is 5.74. The van der Waals surface area contributed by atoms with Crippen molar-refractivity contribution in [3.8, 4) is 0 Å². The molecule has 0 spiro atoms. The van der Waals surface area contributed by atoms with Gasteiger partial charge >= 0.3 is 0 Å². The average Bonchev–Trinajstić information content (AvgIpc) is 2.51. The van der Waals surface area contributed by atoms with Crippen molar-refractivity contribution in [2.24, 2.45) is 0 Å². The molecule has 20 heavy (non-hydrogen) atoms. The molecule has 3 heteroatoms. The fourth-order valence-corrected chi connectivity index (χ4v) is 2.88. The zero-order chi connectivity index (χ0) is 14.4. The monoisotopic (exact) mass is 276 g/mol. The summed E-state index contributed by atoms with van der Waals surface area (Å²) in [4.78, 5) is 2.55. The third-order valence-corrected chi connectivity index (χ3v) is 4.62. The van der Waals surface area contributed by atoms with Crippen molar-refractivity contribution in [3.05, 3.63) is 35.4 Å². The van der Waals surface area contributed by atoms with Crippen LogP contribution < -0.4 is 5.32 Å². The lowest BCUT2D eigenvalue weighted by atomic mass is 9.95. The highest BCUT2D eigenvalue weighted by Crippen LogP contribution is 2.19. The van der Waals surface area contributed by atoms with Crippen LogP contribution in [0.1, 0.15) is 37.3 Å². The summed E-state index contributed by atoms with van der Waals surface area (Å²) >= 11 is 0. The minimum absolute atomic E-state index is 0.117. The zero-order valence-electron chi connectivity index (χ0n) is 12.9. The number of hydrogen-bond acceptors (Lipinski definition) is 3. The standard InChI is InChI=1S/C17H28N2O/c1-17(14-20,18-2)10-5-6-11-19-12-9-15-7-3-4-8-16(15)13-19/h3-4,7-8,18,20H,5-6,9-14H2,1-2H3. The second-order valence-electron chi connectivity index (χ2n) is 6.22. The number of likely N-dealkylation sites (N-methyl/N-ethyl adjacent to an activating group) is 1. The van der Waals surface area contributed by atoms with Crippen LogP contribution in [0, 0.1) is 0 Å². The third-order valence-electron chi connectivity index (χ3n) is 4.62. The van der Waals surface area contributed by atoms with E-state index in [0.717, 1.165) is 19.4 Å². The van der Waals surface area contributed by atoms with Crippen LogP contribution in [-0.4, -0.2) is 42.3 Å². The number of unbranched alkanes of at least 4 members (excludes halogenated alkanes) is 1. The lowest BCUT2D eigenvalue weighted by molar-refractivity contribution is 0.167. The second-order valence-corrected chi connectivity index (χ2v) is 6.22. The van der Waals surface area contributed by atoms with Gasteiger partial charge in [-0.3, -0.25) is 4.90 Å². The molecule has 1 unspecified atom stereocenters. The van der Waals surface area contributed by atoms with E-state index in [1.54, 1.807) is 0 Å². The molecule has 0 saturated heterocycles. The zero-order valence-corrected chi connectivity index (χ0v) is 12.9. The van der Waals surface area contributed by atoms with Crippen LogP contribution in [0.2, 0.25) is 0 Å². The molecule has 0 amide bonds. The van der Waals surface area contributed by atoms with Crippen LogP contribution in [0.5, 0.6) is 0 Å². The first-order chi connectivity index (χ1) is 9.67. The van der Waals surface area contributed by atoms with Gasteiger partial charge in [-0.05, 0) is 50.9 Å². The Morgan fingerprint density at radius 3 is 2.70 bits per heavy atom. The van der Waals surface area contributed by atoms with Gasteiger partial charge in [0.25, 0.3) is 0 Å². The molecule has 0 radical (unpaired) electrons. The molecule has 0 aromatic heterocycles. The average molecular weight is 276 g/mol. The maximum absolute atomic E-state index is 9.37. The molecule has 112 valence electrons. The molecule has 0 saturated carbocycles. The number of nitrogens with one attached hydrogen (secondary N) is 1. The first-order valence-electron chi connectivity index (χ1n) is 7.76. The molecule has 0 fully saturated rings. The normalized spacial score (nSPS) is 18.6. The molecular formula is C17H28N2O. The van der Waals surface area contributed by atoms with Crippen LogP contribution >= 0.6 is 0 Å². The molecule has 1 aromatic rings. The first kappa shape index (κ1) is 15.5. The van der Waals surface area contributed by atoms with Gasteiger partial charge in [0.05, 0.1) is 6.61 Å². The predicted octanol–water partition coefficient (Wildman–Crippen LogP) is 2.19. The van der Waals surface area contributed by atoms with Crippen molar-refractivity contribution in [2.75, 3.05) is 26.7 Å². The van der Waals surface area contributed by atoms with Crippen LogP contribution in [0.3, 0.4) is 0 Å². The van der Waals surface area contributed by atoms with Crippen molar-refractivity contribution in [2.45, 2.75) is 44.7 Å². The van der Waals surface area contributed by atoms with E-state index in [-0.39, 0.29) is 12.1 Å². The van der Waals surface area contributed by atoms with E-state index >= 15 is 0 Å². The Morgan fingerprint density at radius 2 is 2.00 bits per heavy atom. The SMILES string of the molecule is CNC(C)(CO)CCCCN1CCc2ccccc2C1. The van der Waals surface area contributed by atoms with Gasteiger partial charge in [0.2, 0.25) is 0 Å². The van der Waals surface area contributed by atoms with E-state index in [4.69, 9.17) is 0 Å². The quantitative estimate of drug-likeness (QED) is 0.749. The summed E-state index contributed by atoms with van der Waals surface area (Å²) in [5.74, 6) is 0. The van der Waals surface area contributed by atoms with E-state index in [1.165, 1.54) is 37.1 Å². The van der Waals surface area contributed by atoms with Crippen molar-refractivity contribution in [3.63, 3.8) is 0 Å². The number of rotatable bonds is 7. The lowest BCUT2D eigenvalue weighted by Gasteiger charge is -2.30. The number of nitrogens with zero attached hydrogens (tertiary/aromatic N) is 1. The minimum atomic E-state index is -0.117. The Morgan fingerprint density at radius 1 is 1.25 bits per heavy atom. The molecule has 0 aliphatic carbocycles. The summed E-state index contributed by atoms with van der Waals surface area (Å²) in [5.41, 5.74) is 2.90. The molecule has 2 N–H and O–H groups in total. The molecule has 1 aromatic carbocycles. The topological polar surface area (TPSA) is 35.5 Å². The van der Waals surface area contributed by atoms with Gasteiger partial charge in [0.1, 0.15) is 0 Å². The van der Waals surface area contributed by atoms with Crippen LogP contribution in [0.15, 0.2) is 24.3 Å². The molecule has 1 atom stereocenters. The van der Waals surface area contributed by atoms with Crippen molar-refractivity contribution in [1.82, 2.24) is 10.2 Å². The van der Waals surface area contributed by atoms with Gasteiger partial charge in [-0.25, -0.2) is 0 Å². The minimum Gasteiger partial charge on any atom is -0.394 e. The van der Waals surface area contributed by atoms with E-state index in [2.05, 4.69) is 41.4 Å². The first-order valence-corrected chi connectivity index (χ1v) is 7.76. The van der Waals surface area contributed by atoms with Crippen LogP contribution in [-0.2, 0) is 13.0 Å². The summed E-state index contributed by atoms with van der Waals surface area (Å²) in [6.07, 6.45) is 4.58. The Bertz CT molecular complexity index is 415. The maximum Gasteiger partial charge on any atom is 0.0610 e.